The van der Waals surface area contributed by atoms with Gasteiger partial charge in [0.05, 0.1) is 6.54 Å². The Kier molecular flexibility index (Phi) is 1.60. The molecule has 0 saturated carbocycles. The van der Waals surface area contributed by atoms with E-state index in [2.05, 4.69) is 22.4 Å². The molecule has 1 N–H and O–H groups in total. The second-order valence-electron chi connectivity index (χ2n) is 2.52. The Morgan fingerprint density at radius 3 is 2.64 bits per heavy atom. The summed E-state index contributed by atoms with van der Waals surface area (Å²) < 4.78 is 0. The summed E-state index contributed by atoms with van der Waals surface area (Å²) in [5.74, 6) is 1.03. The van der Waals surface area contributed by atoms with E-state index in [-0.39, 0.29) is 0 Å². The van der Waals surface area contributed by atoms with E-state index < -0.39 is 0 Å². The van der Waals surface area contributed by atoms with Gasteiger partial charge in [-0.1, -0.05) is 30.3 Å². The minimum absolute atomic E-state index is 0.907. The van der Waals surface area contributed by atoms with E-state index in [4.69, 9.17) is 0 Å². The summed E-state index contributed by atoms with van der Waals surface area (Å²) >= 11 is 0. The Labute approximate surface area is 66.0 Å². The molecule has 0 radical (unpaired) electrons. The molecular weight excluding hydrogens is 136 g/mol. The molecule has 56 valence electrons. The molecule has 1 heterocycles. The van der Waals surface area contributed by atoms with E-state index in [9.17, 15) is 0 Å². The van der Waals surface area contributed by atoms with Crippen LogP contribution in [0.5, 0.6) is 0 Å². The van der Waals surface area contributed by atoms with Crippen LogP contribution >= 0.6 is 0 Å². The molecule has 2 heteroatoms. The Morgan fingerprint density at radius 1 is 1.18 bits per heavy atom. The lowest BCUT2D eigenvalue weighted by atomic mass is 10.2. The van der Waals surface area contributed by atoms with Gasteiger partial charge in [0.2, 0.25) is 0 Å². The maximum absolute atomic E-state index is 4.31. The van der Waals surface area contributed by atoms with Crippen molar-refractivity contribution in [3.63, 3.8) is 0 Å². The zero-order chi connectivity index (χ0) is 7.52. The number of aliphatic imine (C=N–C) groups is 1. The first-order valence-corrected chi connectivity index (χ1v) is 3.80. The van der Waals surface area contributed by atoms with Crippen LogP contribution in [0.25, 0.3) is 0 Å². The van der Waals surface area contributed by atoms with Crippen LogP contribution in [-0.2, 0) is 0 Å². The average Bonchev–Trinajstić information content (AvgIpc) is 2.58. The van der Waals surface area contributed by atoms with Crippen molar-refractivity contribution in [2.45, 2.75) is 0 Å². The van der Waals surface area contributed by atoms with E-state index in [1.807, 2.05) is 18.2 Å². The maximum Gasteiger partial charge on any atom is 0.128 e. The molecule has 2 nitrogen and oxygen atoms in total. The first-order valence-electron chi connectivity index (χ1n) is 3.80. The number of hydrogen-bond acceptors (Lipinski definition) is 2. The summed E-state index contributed by atoms with van der Waals surface area (Å²) in [4.78, 5) is 4.31. The highest BCUT2D eigenvalue weighted by molar-refractivity contribution is 5.99. The van der Waals surface area contributed by atoms with Gasteiger partial charge >= 0.3 is 0 Å². The Morgan fingerprint density at radius 2 is 2.00 bits per heavy atom. The summed E-state index contributed by atoms with van der Waals surface area (Å²) in [6.45, 7) is 1.88. The standard InChI is InChI=1S/C9H10N2/c1-2-4-8(5-3-1)9-10-6-7-11-9/h1-5H,6-7H2,(H,10,11). The molecule has 0 atom stereocenters. The smallest absolute Gasteiger partial charge is 0.128 e. The van der Waals surface area contributed by atoms with Gasteiger partial charge in [-0.25, -0.2) is 0 Å². The molecule has 0 unspecified atom stereocenters. The minimum atomic E-state index is 0.907. The minimum Gasteiger partial charge on any atom is -0.368 e. The molecule has 0 fully saturated rings. The van der Waals surface area contributed by atoms with E-state index in [0.717, 1.165) is 18.9 Å². The van der Waals surface area contributed by atoms with Gasteiger partial charge in [0.15, 0.2) is 0 Å². The lowest BCUT2D eigenvalue weighted by Crippen LogP contribution is -2.19. The highest BCUT2D eigenvalue weighted by Crippen LogP contribution is 2.01. The molecule has 0 spiro atoms. The Bertz CT molecular complexity index is 264. The zero-order valence-corrected chi connectivity index (χ0v) is 6.25. The molecule has 0 aliphatic carbocycles. The van der Waals surface area contributed by atoms with Crippen LogP contribution in [0.15, 0.2) is 35.3 Å². The molecule has 1 aromatic carbocycles. The largest absolute Gasteiger partial charge is 0.368 e. The van der Waals surface area contributed by atoms with Crippen molar-refractivity contribution in [2.24, 2.45) is 4.99 Å². The van der Waals surface area contributed by atoms with Crippen LogP contribution in [0.1, 0.15) is 5.56 Å². The predicted octanol–water partition coefficient (Wildman–Crippen LogP) is 1.04. The van der Waals surface area contributed by atoms with Gasteiger partial charge in [0.1, 0.15) is 5.84 Å². The second kappa shape index (κ2) is 2.74. The van der Waals surface area contributed by atoms with Gasteiger partial charge < -0.3 is 5.32 Å². The van der Waals surface area contributed by atoms with Crippen molar-refractivity contribution >= 4 is 5.84 Å². The van der Waals surface area contributed by atoms with E-state index in [0.29, 0.717) is 0 Å². The lowest BCUT2D eigenvalue weighted by Gasteiger charge is -1.99. The summed E-state index contributed by atoms with van der Waals surface area (Å²) in [5, 5.41) is 3.22. The third kappa shape index (κ3) is 1.24. The number of rotatable bonds is 1. The van der Waals surface area contributed by atoms with Crippen molar-refractivity contribution in [1.82, 2.24) is 5.32 Å². The summed E-state index contributed by atoms with van der Waals surface area (Å²) in [6.07, 6.45) is 0. The van der Waals surface area contributed by atoms with Crippen LogP contribution in [0.2, 0.25) is 0 Å². The van der Waals surface area contributed by atoms with Crippen molar-refractivity contribution in [3.8, 4) is 0 Å². The van der Waals surface area contributed by atoms with Gasteiger partial charge in [0.25, 0.3) is 0 Å². The van der Waals surface area contributed by atoms with Crippen LogP contribution < -0.4 is 5.32 Å². The maximum atomic E-state index is 4.31. The van der Waals surface area contributed by atoms with Crippen LogP contribution in [0, 0.1) is 0 Å². The SMILES string of the molecule is c1ccc(C2=NCCN2)cc1. The van der Waals surface area contributed by atoms with Crippen LogP contribution in [-0.4, -0.2) is 18.9 Å². The number of amidine groups is 1. The number of nitrogens with one attached hydrogen (secondary N) is 1. The van der Waals surface area contributed by atoms with Crippen LogP contribution in [0.3, 0.4) is 0 Å². The highest BCUT2D eigenvalue weighted by Gasteiger charge is 2.05. The first kappa shape index (κ1) is 6.40. The van der Waals surface area contributed by atoms with E-state index in [1.54, 1.807) is 0 Å². The molecule has 1 aromatic rings. The molecule has 0 bridgehead atoms. The fraction of sp³-hybridized carbons (Fsp3) is 0.222. The number of nitrogens with zero attached hydrogens (tertiary/aromatic N) is 1. The highest BCUT2D eigenvalue weighted by atomic mass is 15.1. The predicted molar refractivity (Wildman–Crippen MR) is 45.8 cm³/mol. The quantitative estimate of drug-likeness (QED) is 0.629. The normalized spacial score (nSPS) is 15.8. The molecule has 2 rings (SSSR count). The van der Waals surface area contributed by atoms with Gasteiger partial charge in [-0.15, -0.1) is 0 Å². The van der Waals surface area contributed by atoms with Crippen molar-refractivity contribution < 1.29 is 0 Å². The van der Waals surface area contributed by atoms with Gasteiger partial charge in [-0.3, -0.25) is 4.99 Å². The fourth-order valence-corrected chi connectivity index (χ4v) is 1.19. The van der Waals surface area contributed by atoms with E-state index >= 15 is 0 Å². The van der Waals surface area contributed by atoms with Gasteiger partial charge in [-0.05, 0) is 0 Å². The average molecular weight is 146 g/mol. The van der Waals surface area contributed by atoms with Crippen molar-refractivity contribution in [1.29, 1.82) is 0 Å². The second-order valence-corrected chi connectivity index (χ2v) is 2.52. The molecule has 0 amide bonds. The summed E-state index contributed by atoms with van der Waals surface area (Å²) in [7, 11) is 0. The van der Waals surface area contributed by atoms with Crippen molar-refractivity contribution in [3.05, 3.63) is 35.9 Å². The third-order valence-electron chi connectivity index (χ3n) is 1.72. The van der Waals surface area contributed by atoms with Crippen LogP contribution in [0.4, 0.5) is 0 Å². The molecule has 1 aliphatic rings. The molecule has 1 aliphatic heterocycles. The topological polar surface area (TPSA) is 24.4 Å². The summed E-state index contributed by atoms with van der Waals surface area (Å²) in [5.41, 5.74) is 1.19. The molecule has 0 saturated heterocycles. The van der Waals surface area contributed by atoms with E-state index in [1.165, 1.54) is 5.56 Å². The Hall–Kier alpha value is -1.31. The Balaban J connectivity index is 2.29. The van der Waals surface area contributed by atoms with Crippen molar-refractivity contribution in [2.75, 3.05) is 13.1 Å². The first-order chi connectivity index (χ1) is 5.47. The zero-order valence-electron chi connectivity index (χ0n) is 6.25. The third-order valence-corrected chi connectivity index (χ3v) is 1.72. The van der Waals surface area contributed by atoms with Gasteiger partial charge in [0, 0.05) is 12.1 Å². The monoisotopic (exact) mass is 146 g/mol. The number of hydrogen-bond donors (Lipinski definition) is 1. The number of benzene rings is 1. The summed E-state index contributed by atoms with van der Waals surface area (Å²) in [6, 6.07) is 10.2. The molecule has 11 heavy (non-hydrogen) atoms. The lowest BCUT2D eigenvalue weighted by molar-refractivity contribution is 0.960. The molecule has 0 aromatic heterocycles. The fourth-order valence-electron chi connectivity index (χ4n) is 1.19. The molecular formula is C9H10N2. The van der Waals surface area contributed by atoms with Gasteiger partial charge in [-0.2, -0.15) is 0 Å².